The van der Waals surface area contributed by atoms with Gasteiger partial charge in [-0.05, 0) is 68.8 Å². The molecule has 9 rings (SSSR count). The fourth-order valence-corrected chi connectivity index (χ4v) is 6.69. The molecule has 2 aliphatic heterocycles. The first-order valence-electron chi connectivity index (χ1n) is 16.1. The van der Waals surface area contributed by atoms with E-state index in [1.807, 2.05) is 24.3 Å². The topological polar surface area (TPSA) is 117 Å². The minimum absolute atomic E-state index is 0. The van der Waals surface area contributed by atoms with Crippen LogP contribution in [0.4, 0.5) is 0 Å². The summed E-state index contributed by atoms with van der Waals surface area (Å²) >= 11 is 0. The zero-order chi connectivity index (χ0) is 31.9. The Balaban J connectivity index is 0.00000149. The largest absolute Gasteiger partial charge is 3.00 e. The fraction of sp³-hybridized carbons (Fsp3) is 0. The molecule has 0 spiro atoms. The zero-order valence-electron chi connectivity index (χ0n) is 27.4. The molecule has 4 aromatic carbocycles. The number of nitrogens with zero attached hydrogens (tertiary/aromatic N) is 4. The maximum atomic E-state index is 5.31. The van der Waals surface area contributed by atoms with E-state index in [1.54, 1.807) is 0 Å². The molecule has 0 saturated heterocycles. The number of hydrogen-bond donors (Lipinski definition) is 0. The number of aromatic nitrogens is 4. The van der Waals surface area contributed by atoms with E-state index in [2.05, 4.69) is 146 Å². The molecule has 5 heterocycles. The Hall–Kier alpha value is -5.78. The normalized spacial score (nSPS) is 11.3. The van der Waals surface area contributed by atoms with Gasteiger partial charge in [0.25, 0.3) is 0 Å². The molecule has 2 radical (unpaired) electrons. The molecule has 7 aromatic rings. The third kappa shape index (κ3) is 6.49. The van der Waals surface area contributed by atoms with E-state index in [4.69, 9.17) is 19.9 Å². The smallest absolute Gasteiger partial charge is 0.657 e. The van der Waals surface area contributed by atoms with Gasteiger partial charge in [-0.1, -0.05) is 146 Å². The minimum Gasteiger partial charge on any atom is -0.657 e. The van der Waals surface area contributed by atoms with Crippen molar-refractivity contribution in [1.82, 2.24) is 19.9 Å². The quantitative estimate of drug-likeness (QED) is 0.167. The average Bonchev–Trinajstić information content (AvgIpc) is 3.98. The third-order valence-corrected chi connectivity index (χ3v) is 8.86. The van der Waals surface area contributed by atoms with Gasteiger partial charge in [0.05, 0.1) is 22.8 Å². The van der Waals surface area contributed by atoms with Crippen LogP contribution < -0.4 is 9.97 Å². The van der Waals surface area contributed by atoms with Crippen LogP contribution in [0.25, 0.3) is 90.9 Å². The Morgan fingerprint density at radius 3 is 0.725 bits per heavy atom. The second-order valence-electron chi connectivity index (χ2n) is 11.8. The van der Waals surface area contributed by atoms with Gasteiger partial charge in [-0.25, -0.2) is 9.97 Å². The van der Waals surface area contributed by atoms with E-state index in [9.17, 15) is 0 Å². The molecule has 51 heavy (non-hydrogen) atoms. The minimum atomic E-state index is 0. The van der Waals surface area contributed by atoms with Gasteiger partial charge < -0.3 is 20.9 Å². The first-order chi connectivity index (χ1) is 23.8. The summed E-state index contributed by atoms with van der Waals surface area (Å²) in [5.41, 5.74) is 15.0. The Bertz CT molecular complexity index is 2190. The van der Waals surface area contributed by atoms with Crippen LogP contribution in [0.15, 0.2) is 146 Å². The summed E-state index contributed by atoms with van der Waals surface area (Å²) in [7, 11) is 0. The van der Waals surface area contributed by atoms with Crippen LogP contribution >= 0.6 is 0 Å². The number of hydrogen-bond acceptors (Lipinski definition) is 2. The van der Waals surface area contributed by atoms with E-state index >= 15 is 0 Å². The van der Waals surface area contributed by atoms with Crippen LogP contribution in [0.3, 0.4) is 0 Å². The predicted octanol–water partition coefficient (Wildman–Crippen LogP) is 8.55. The molecule has 7 heteroatoms. The van der Waals surface area contributed by atoms with Crippen molar-refractivity contribution < 1.29 is 11.0 Å². The Kier molecular flexibility index (Phi) is 10.3. The molecule has 2 aliphatic rings. The zero-order valence-corrected chi connectivity index (χ0v) is 30.0. The number of benzene rings is 4. The Morgan fingerprint density at radius 1 is 0.294 bits per heavy atom. The van der Waals surface area contributed by atoms with Gasteiger partial charge in [0, 0.05) is 0 Å². The van der Waals surface area contributed by atoms with Crippen molar-refractivity contribution in [3.63, 3.8) is 0 Å². The van der Waals surface area contributed by atoms with E-state index in [-0.39, 0.29) is 35.4 Å². The standard InChI is InChI=1S/C44H28N4.2H2O.Sb/c1-5-13-29(14-6-1)41-33-21-23-35(45-33)42(30-15-7-2-8-16-30)37-25-27-39(47-37)44(32-19-11-4-12-20-32)40-28-26-38(48-40)43(31-17-9-3-10-18-31)36-24-22-34(41)46-36;;;/h1-28H;2*1H2;/q-2;;;+3. The molecule has 4 N–H and O–H groups in total. The first kappa shape index (κ1) is 35.1. The SMILES string of the molecule is C1=Cc2nc1c(-c1ccccc1)c1ccc([n-]1)c(-c1ccccc1)c1nc(c(-c3ccccc3)c3ccc([n-]3)c2-c2ccccc2)C=C1.O.O.[Sb+3]. The second-order valence-corrected chi connectivity index (χ2v) is 11.8. The van der Waals surface area contributed by atoms with Crippen molar-refractivity contribution in [3.05, 3.63) is 168 Å². The van der Waals surface area contributed by atoms with Crippen molar-refractivity contribution in [2.24, 2.45) is 0 Å². The Morgan fingerprint density at radius 2 is 0.510 bits per heavy atom. The van der Waals surface area contributed by atoms with Crippen LogP contribution in [-0.2, 0) is 0 Å². The Labute approximate surface area is 313 Å². The monoisotopic (exact) mass is 769 g/mol. The van der Waals surface area contributed by atoms with Gasteiger partial charge in [0.2, 0.25) is 0 Å². The summed E-state index contributed by atoms with van der Waals surface area (Å²) in [6.45, 7) is 0. The van der Waals surface area contributed by atoms with Crippen molar-refractivity contribution in [3.8, 4) is 44.5 Å². The molecule has 8 bridgehead atoms. The number of fused-ring (bicyclic) bond motifs is 8. The van der Waals surface area contributed by atoms with E-state index in [0.717, 1.165) is 89.4 Å². The van der Waals surface area contributed by atoms with Crippen molar-refractivity contribution in [1.29, 1.82) is 0 Å². The molecule has 3 aromatic heterocycles. The van der Waals surface area contributed by atoms with Crippen LogP contribution in [0.1, 0.15) is 22.8 Å². The molecule has 244 valence electrons. The van der Waals surface area contributed by atoms with Crippen LogP contribution in [0.5, 0.6) is 0 Å². The molecule has 0 atom stereocenters. The van der Waals surface area contributed by atoms with Gasteiger partial charge in [-0.15, -0.1) is 22.1 Å². The van der Waals surface area contributed by atoms with Gasteiger partial charge in [0.15, 0.2) is 0 Å². The van der Waals surface area contributed by atoms with Crippen molar-refractivity contribution >= 4 is 70.8 Å². The fourth-order valence-electron chi connectivity index (χ4n) is 6.69. The summed E-state index contributed by atoms with van der Waals surface area (Å²) in [5.74, 6) is 0. The van der Waals surface area contributed by atoms with Crippen LogP contribution in [0, 0.1) is 0 Å². The van der Waals surface area contributed by atoms with Gasteiger partial charge in [-0.2, -0.15) is 0 Å². The summed E-state index contributed by atoms with van der Waals surface area (Å²) in [4.78, 5) is 21.2. The molecule has 0 aliphatic carbocycles. The summed E-state index contributed by atoms with van der Waals surface area (Å²) < 4.78 is 0. The summed E-state index contributed by atoms with van der Waals surface area (Å²) in [5, 5.41) is 0. The third-order valence-electron chi connectivity index (χ3n) is 8.86. The molecule has 6 nitrogen and oxygen atoms in total. The van der Waals surface area contributed by atoms with E-state index < -0.39 is 0 Å². The summed E-state index contributed by atoms with van der Waals surface area (Å²) in [6, 6.07) is 50.0. The summed E-state index contributed by atoms with van der Waals surface area (Å²) in [6.07, 6.45) is 8.41. The maximum Gasteiger partial charge on any atom is 3.00 e. The van der Waals surface area contributed by atoms with E-state index in [1.165, 1.54) is 0 Å². The van der Waals surface area contributed by atoms with Crippen LogP contribution in [-0.4, -0.2) is 45.3 Å². The van der Waals surface area contributed by atoms with Gasteiger partial charge in [0.1, 0.15) is 0 Å². The second kappa shape index (κ2) is 15.0. The number of rotatable bonds is 4. The first-order valence-corrected chi connectivity index (χ1v) is 16.1. The van der Waals surface area contributed by atoms with Crippen LogP contribution in [0.2, 0.25) is 0 Å². The molecular weight excluding hydrogens is 738 g/mol. The van der Waals surface area contributed by atoms with Crippen molar-refractivity contribution in [2.45, 2.75) is 0 Å². The molecule has 0 amide bonds. The van der Waals surface area contributed by atoms with Gasteiger partial charge >= 0.3 is 24.4 Å². The van der Waals surface area contributed by atoms with Crippen molar-refractivity contribution in [2.75, 3.05) is 0 Å². The predicted molar refractivity (Wildman–Crippen MR) is 212 cm³/mol. The van der Waals surface area contributed by atoms with Gasteiger partial charge in [-0.3, -0.25) is 0 Å². The molecule has 0 fully saturated rings. The molecular formula is C44H32N4O2Sb+. The molecule has 0 unspecified atom stereocenters. The average molecular weight is 771 g/mol. The van der Waals surface area contributed by atoms with E-state index in [0.29, 0.717) is 0 Å². The maximum absolute atomic E-state index is 5.31. The molecule has 0 saturated carbocycles.